The van der Waals surface area contributed by atoms with Gasteiger partial charge in [-0.3, -0.25) is 0 Å². The molecule has 0 atom stereocenters. The second-order valence-electron chi connectivity index (χ2n) is 4.18. The van der Waals surface area contributed by atoms with Crippen molar-refractivity contribution in [2.45, 2.75) is 6.92 Å². The summed E-state index contributed by atoms with van der Waals surface area (Å²) in [6, 6.07) is 5.57. The molecule has 0 bridgehead atoms. The standard InChI is InChI=1S/C12H20N2O4S/c1-10-5-6-11(12(9-10)17-4)18-8-7-13-19(15,16)14(2)3/h5-6,9,13H,7-8H2,1-4H3. The molecule has 0 heterocycles. The molecule has 0 fully saturated rings. The van der Waals surface area contributed by atoms with Crippen molar-refractivity contribution >= 4 is 10.2 Å². The van der Waals surface area contributed by atoms with Gasteiger partial charge in [-0.05, 0) is 24.6 Å². The predicted molar refractivity (Wildman–Crippen MR) is 73.8 cm³/mol. The van der Waals surface area contributed by atoms with E-state index < -0.39 is 10.2 Å². The molecule has 0 radical (unpaired) electrons. The van der Waals surface area contributed by atoms with E-state index in [0.29, 0.717) is 11.5 Å². The molecule has 19 heavy (non-hydrogen) atoms. The SMILES string of the molecule is COc1cc(C)ccc1OCCNS(=O)(=O)N(C)C. The molecular weight excluding hydrogens is 268 g/mol. The normalized spacial score (nSPS) is 11.6. The van der Waals surface area contributed by atoms with E-state index >= 15 is 0 Å². The Morgan fingerprint density at radius 3 is 2.53 bits per heavy atom. The smallest absolute Gasteiger partial charge is 0.279 e. The van der Waals surface area contributed by atoms with E-state index in [4.69, 9.17) is 9.47 Å². The summed E-state index contributed by atoms with van der Waals surface area (Å²) in [5, 5.41) is 0. The molecule has 0 aliphatic heterocycles. The summed E-state index contributed by atoms with van der Waals surface area (Å²) in [6.07, 6.45) is 0. The first-order chi connectivity index (χ1) is 8.86. The van der Waals surface area contributed by atoms with Crippen LogP contribution in [0.4, 0.5) is 0 Å². The Kier molecular flexibility index (Phi) is 5.59. The summed E-state index contributed by atoms with van der Waals surface area (Å²) >= 11 is 0. The number of aryl methyl sites for hydroxylation is 1. The fraction of sp³-hybridized carbons (Fsp3) is 0.500. The second-order valence-corrected chi connectivity index (χ2v) is 6.15. The van der Waals surface area contributed by atoms with Crippen molar-refractivity contribution in [1.29, 1.82) is 0 Å². The van der Waals surface area contributed by atoms with Crippen molar-refractivity contribution in [3.8, 4) is 11.5 Å². The molecule has 108 valence electrons. The third kappa shape index (κ3) is 4.70. The number of nitrogens with one attached hydrogen (secondary N) is 1. The van der Waals surface area contributed by atoms with E-state index in [0.717, 1.165) is 9.87 Å². The Balaban J connectivity index is 2.50. The van der Waals surface area contributed by atoms with Crippen molar-refractivity contribution in [3.63, 3.8) is 0 Å². The van der Waals surface area contributed by atoms with Gasteiger partial charge in [-0.15, -0.1) is 0 Å². The first kappa shape index (κ1) is 15.7. The van der Waals surface area contributed by atoms with Gasteiger partial charge in [0, 0.05) is 20.6 Å². The molecule has 1 aromatic rings. The number of ether oxygens (including phenoxy) is 2. The number of hydrogen-bond acceptors (Lipinski definition) is 4. The van der Waals surface area contributed by atoms with Crippen LogP contribution in [0, 0.1) is 6.92 Å². The molecule has 0 saturated carbocycles. The highest BCUT2D eigenvalue weighted by molar-refractivity contribution is 7.87. The van der Waals surface area contributed by atoms with E-state index in [9.17, 15) is 8.42 Å². The Bertz CT molecular complexity index is 514. The summed E-state index contributed by atoms with van der Waals surface area (Å²) in [7, 11) is 1.09. The molecule has 1 aromatic carbocycles. The lowest BCUT2D eigenvalue weighted by atomic mass is 10.2. The third-order valence-electron chi connectivity index (χ3n) is 2.44. The highest BCUT2D eigenvalue weighted by Crippen LogP contribution is 2.27. The molecule has 0 aromatic heterocycles. The molecule has 0 spiro atoms. The van der Waals surface area contributed by atoms with Crippen LogP contribution >= 0.6 is 0 Å². The zero-order valence-corrected chi connectivity index (χ0v) is 12.5. The monoisotopic (exact) mass is 288 g/mol. The minimum Gasteiger partial charge on any atom is -0.493 e. The lowest BCUT2D eigenvalue weighted by molar-refractivity contribution is 0.298. The van der Waals surface area contributed by atoms with Crippen LogP contribution in [-0.2, 0) is 10.2 Å². The minimum absolute atomic E-state index is 0.192. The van der Waals surface area contributed by atoms with Crippen LogP contribution in [0.25, 0.3) is 0 Å². The molecule has 6 nitrogen and oxygen atoms in total. The van der Waals surface area contributed by atoms with Crippen molar-refractivity contribution in [1.82, 2.24) is 9.03 Å². The van der Waals surface area contributed by atoms with E-state index in [1.165, 1.54) is 14.1 Å². The van der Waals surface area contributed by atoms with Gasteiger partial charge in [0.2, 0.25) is 0 Å². The van der Waals surface area contributed by atoms with Crippen LogP contribution in [0.1, 0.15) is 5.56 Å². The van der Waals surface area contributed by atoms with Gasteiger partial charge in [0.1, 0.15) is 6.61 Å². The average molecular weight is 288 g/mol. The second kappa shape index (κ2) is 6.74. The molecule has 1 N–H and O–H groups in total. The van der Waals surface area contributed by atoms with Crippen LogP contribution in [-0.4, -0.2) is 47.1 Å². The first-order valence-electron chi connectivity index (χ1n) is 5.81. The van der Waals surface area contributed by atoms with E-state index in [1.54, 1.807) is 13.2 Å². The quantitative estimate of drug-likeness (QED) is 0.753. The van der Waals surface area contributed by atoms with Gasteiger partial charge in [0.05, 0.1) is 7.11 Å². The summed E-state index contributed by atoms with van der Waals surface area (Å²) in [5.74, 6) is 1.23. The zero-order valence-electron chi connectivity index (χ0n) is 11.6. The van der Waals surface area contributed by atoms with Crippen molar-refractivity contribution in [2.24, 2.45) is 0 Å². The summed E-state index contributed by atoms with van der Waals surface area (Å²) < 4.78 is 37.1. The molecule has 7 heteroatoms. The number of nitrogens with zero attached hydrogens (tertiary/aromatic N) is 1. The Labute approximate surface area is 114 Å². The highest BCUT2D eigenvalue weighted by Gasteiger charge is 2.12. The summed E-state index contributed by atoms with van der Waals surface area (Å²) in [5.41, 5.74) is 1.07. The maximum absolute atomic E-state index is 11.4. The molecule has 0 aliphatic carbocycles. The maximum Gasteiger partial charge on any atom is 0.279 e. The van der Waals surface area contributed by atoms with Crippen LogP contribution < -0.4 is 14.2 Å². The fourth-order valence-electron chi connectivity index (χ4n) is 1.35. The molecule has 1 rings (SSSR count). The van der Waals surface area contributed by atoms with Crippen molar-refractivity contribution < 1.29 is 17.9 Å². The third-order valence-corrected chi connectivity index (χ3v) is 3.97. The van der Waals surface area contributed by atoms with E-state index in [-0.39, 0.29) is 13.2 Å². The molecule has 0 aliphatic rings. The lowest BCUT2D eigenvalue weighted by Gasteiger charge is -2.14. The number of methoxy groups -OCH3 is 1. The number of benzene rings is 1. The van der Waals surface area contributed by atoms with Gasteiger partial charge in [-0.2, -0.15) is 17.4 Å². The van der Waals surface area contributed by atoms with Gasteiger partial charge >= 0.3 is 0 Å². The van der Waals surface area contributed by atoms with Gasteiger partial charge in [0.15, 0.2) is 11.5 Å². The topological polar surface area (TPSA) is 67.9 Å². The Hall–Kier alpha value is -1.31. The fourth-order valence-corrected chi connectivity index (χ4v) is 1.95. The van der Waals surface area contributed by atoms with E-state index in [2.05, 4.69) is 4.72 Å². The predicted octanol–water partition coefficient (Wildman–Crippen LogP) is 0.778. The molecule has 0 saturated heterocycles. The molecule has 0 amide bonds. The van der Waals surface area contributed by atoms with Gasteiger partial charge < -0.3 is 9.47 Å². The molecular formula is C12H20N2O4S. The summed E-state index contributed by atoms with van der Waals surface area (Å²) in [6.45, 7) is 2.38. The largest absolute Gasteiger partial charge is 0.493 e. The first-order valence-corrected chi connectivity index (χ1v) is 7.25. The van der Waals surface area contributed by atoms with Gasteiger partial charge in [-0.25, -0.2) is 0 Å². The van der Waals surface area contributed by atoms with Crippen LogP contribution in [0.2, 0.25) is 0 Å². The lowest BCUT2D eigenvalue weighted by Crippen LogP contribution is -2.37. The number of hydrogen-bond donors (Lipinski definition) is 1. The van der Waals surface area contributed by atoms with E-state index in [1.807, 2.05) is 19.1 Å². The molecule has 0 unspecified atom stereocenters. The zero-order chi connectivity index (χ0) is 14.5. The van der Waals surface area contributed by atoms with Crippen molar-refractivity contribution in [2.75, 3.05) is 34.4 Å². The summed E-state index contributed by atoms with van der Waals surface area (Å²) in [4.78, 5) is 0. The Morgan fingerprint density at radius 1 is 1.26 bits per heavy atom. The van der Waals surface area contributed by atoms with Gasteiger partial charge in [0.25, 0.3) is 10.2 Å². The minimum atomic E-state index is -3.40. The highest BCUT2D eigenvalue weighted by atomic mass is 32.2. The van der Waals surface area contributed by atoms with Crippen molar-refractivity contribution in [3.05, 3.63) is 23.8 Å². The van der Waals surface area contributed by atoms with Gasteiger partial charge in [-0.1, -0.05) is 6.07 Å². The average Bonchev–Trinajstić information content (AvgIpc) is 2.35. The maximum atomic E-state index is 11.4. The van der Waals surface area contributed by atoms with Crippen LogP contribution in [0.3, 0.4) is 0 Å². The Morgan fingerprint density at radius 2 is 1.95 bits per heavy atom. The van der Waals surface area contributed by atoms with Crippen LogP contribution in [0.15, 0.2) is 18.2 Å². The number of rotatable bonds is 7. The van der Waals surface area contributed by atoms with Crippen LogP contribution in [0.5, 0.6) is 11.5 Å².